The maximum Gasteiger partial charge on any atom is 0.0339 e. The van der Waals surface area contributed by atoms with Gasteiger partial charge in [0.2, 0.25) is 0 Å². The Hall–Kier alpha value is 0.100. The highest BCUT2D eigenvalue weighted by Gasteiger charge is 2.19. The van der Waals surface area contributed by atoms with Crippen molar-refractivity contribution in [2.45, 2.75) is 25.8 Å². The second kappa shape index (κ2) is 6.15. The van der Waals surface area contributed by atoms with Crippen molar-refractivity contribution >= 4 is 27.3 Å². The molecule has 2 N–H and O–H groups in total. The maximum atomic E-state index is 5.61. The van der Waals surface area contributed by atoms with E-state index in [-0.39, 0.29) is 0 Å². The second-order valence-electron chi connectivity index (χ2n) is 4.49. The molecular formula is C12H19BrN2S. The van der Waals surface area contributed by atoms with Crippen LogP contribution in [-0.2, 0) is 6.54 Å². The number of thiophene rings is 1. The van der Waals surface area contributed by atoms with Crippen LogP contribution in [0.2, 0.25) is 0 Å². The van der Waals surface area contributed by atoms with Crippen molar-refractivity contribution < 1.29 is 0 Å². The van der Waals surface area contributed by atoms with Crippen molar-refractivity contribution in [1.82, 2.24) is 4.90 Å². The van der Waals surface area contributed by atoms with E-state index in [9.17, 15) is 0 Å². The van der Waals surface area contributed by atoms with Gasteiger partial charge in [-0.25, -0.2) is 0 Å². The van der Waals surface area contributed by atoms with Gasteiger partial charge < -0.3 is 5.73 Å². The van der Waals surface area contributed by atoms with E-state index in [1.54, 1.807) is 0 Å². The molecule has 2 rings (SSSR count). The zero-order valence-electron chi connectivity index (χ0n) is 9.49. The molecule has 1 aliphatic rings. The third kappa shape index (κ3) is 3.29. The summed E-state index contributed by atoms with van der Waals surface area (Å²) in [5.41, 5.74) is 5.61. The van der Waals surface area contributed by atoms with Crippen LogP contribution in [0.5, 0.6) is 0 Å². The molecule has 0 atom stereocenters. The van der Waals surface area contributed by atoms with E-state index in [1.165, 1.54) is 41.7 Å². The van der Waals surface area contributed by atoms with Crippen molar-refractivity contribution in [3.05, 3.63) is 20.8 Å². The molecule has 2 nitrogen and oxygen atoms in total. The molecular weight excluding hydrogens is 284 g/mol. The normalized spacial score (nSPS) is 19.1. The average molecular weight is 303 g/mol. The smallest absolute Gasteiger partial charge is 0.0339 e. The maximum absolute atomic E-state index is 5.61. The summed E-state index contributed by atoms with van der Waals surface area (Å²) in [6, 6.07) is 2.14. The average Bonchev–Trinajstić information content (AvgIpc) is 2.68. The summed E-state index contributed by atoms with van der Waals surface area (Å²) in [6.45, 7) is 4.42. The predicted molar refractivity (Wildman–Crippen MR) is 73.7 cm³/mol. The number of hydrogen-bond donors (Lipinski definition) is 1. The van der Waals surface area contributed by atoms with Crippen molar-refractivity contribution in [3.8, 4) is 0 Å². The molecule has 0 aliphatic carbocycles. The number of rotatable bonds is 4. The second-order valence-corrected chi connectivity index (χ2v) is 6.34. The van der Waals surface area contributed by atoms with E-state index >= 15 is 0 Å². The Bertz CT molecular complexity index is 319. The van der Waals surface area contributed by atoms with Crippen LogP contribution in [0.1, 0.15) is 24.1 Å². The van der Waals surface area contributed by atoms with Crippen molar-refractivity contribution in [2.24, 2.45) is 11.7 Å². The standard InChI is InChI=1S/C12H19BrN2S/c13-11-4-8-16-12(11)9-15-6-2-10(1-5-14)3-7-15/h4,8,10H,1-3,5-7,9,14H2. The minimum atomic E-state index is 0.848. The van der Waals surface area contributed by atoms with Gasteiger partial charge in [0.1, 0.15) is 0 Å². The van der Waals surface area contributed by atoms with Crippen LogP contribution in [0.25, 0.3) is 0 Å². The number of halogens is 1. The van der Waals surface area contributed by atoms with Crippen LogP contribution in [0, 0.1) is 5.92 Å². The first-order valence-electron chi connectivity index (χ1n) is 5.94. The summed E-state index contributed by atoms with van der Waals surface area (Å²) in [5, 5.41) is 2.15. The van der Waals surface area contributed by atoms with E-state index in [1.807, 2.05) is 11.3 Å². The van der Waals surface area contributed by atoms with Gasteiger partial charge in [0.25, 0.3) is 0 Å². The predicted octanol–water partition coefficient (Wildman–Crippen LogP) is 3.07. The molecule has 0 unspecified atom stereocenters. The third-order valence-electron chi connectivity index (χ3n) is 3.34. The molecule has 0 radical (unpaired) electrons. The molecule has 1 aromatic rings. The van der Waals surface area contributed by atoms with E-state index in [2.05, 4.69) is 32.3 Å². The lowest BCUT2D eigenvalue weighted by molar-refractivity contribution is 0.174. The molecule has 4 heteroatoms. The van der Waals surface area contributed by atoms with Crippen LogP contribution >= 0.6 is 27.3 Å². The van der Waals surface area contributed by atoms with Crippen molar-refractivity contribution in [1.29, 1.82) is 0 Å². The summed E-state index contributed by atoms with van der Waals surface area (Å²) in [7, 11) is 0. The summed E-state index contributed by atoms with van der Waals surface area (Å²) in [5.74, 6) is 0.869. The molecule has 1 fully saturated rings. The number of nitrogens with zero attached hydrogens (tertiary/aromatic N) is 1. The van der Waals surface area contributed by atoms with Gasteiger partial charge in [-0.2, -0.15) is 0 Å². The quantitative estimate of drug-likeness (QED) is 0.926. The molecule has 0 aromatic carbocycles. The minimum absolute atomic E-state index is 0.848. The molecule has 0 spiro atoms. The molecule has 16 heavy (non-hydrogen) atoms. The lowest BCUT2D eigenvalue weighted by Crippen LogP contribution is -2.33. The Kier molecular flexibility index (Phi) is 4.82. The highest BCUT2D eigenvalue weighted by molar-refractivity contribution is 9.10. The fraction of sp³-hybridized carbons (Fsp3) is 0.667. The SMILES string of the molecule is NCCC1CCN(Cc2sccc2Br)CC1. The van der Waals surface area contributed by atoms with Crippen molar-refractivity contribution in [2.75, 3.05) is 19.6 Å². The van der Waals surface area contributed by atoms with E-state index < -0.39 is 0 Å². The van der Waals surface area contributed by atoms with Gasteiger partial charge in [0, 0.05) is 15.9 Å². The van der Waals surface area contributed by atoms with Gasteiger partial charge in [-0.05, 0) is 72.2 Å². The lowest BCUT2D eigenvalue weighted by Gasteiger charge is -2.31. The summed E-state index contributed by atoms with van der Waals surface area (Å²) in [4.78, 5) is 4.01. The Morgan fingerprint density at radius 1 is 1.44 bits per heavy atom. The monoisotopic (exact) mass is 302 g/mol. The van der Waals surface area contributed by atoms with Crippen LogP contribution in [0.4, 0.5) is 0 Å². The number of hydrogen-bond acceptors (Lipinski definition) is 3. The zero-order chi connectivity index (χ0) is 11.4. The fourth-order valence-corrected chi connectivity index (χ4v) is 3.83. The number of likely N-dealkylation sites (tertiary alicyclic amines) is 1. The zero-order valence-corrected chi connectivity index (χ0v) is 11.9. The van der Waals surface area contributed by atoms with Gasteiger partial charge in [0.15, 0.2) is 0 Å². The lowest BCUT2D eigenvalue weighted by atomic mass is 9.94. The minimum Gasteiger partial charge on any atom is -0.330 e. The highest BCUT2D eigenvalue weighted by atomic mass is 79.9. The topological polar surface area (TPSA) is 29.3 Å². The Morgan fingerprint density at radius 3 is 2.75 bits per heavy atom. The molecule has 1 aliphatic heterocycles. The largest absolute Gasteiger partial charge is 0.330 e. The number of piperidine rings is 1. The van der Waals surface area contributed by atoms with Crippen LogP contribution in [0.3, 0.4) is 0 Å². The van der Waals surface area contributed by atoms with Crippen molar-refractivity contribution in [3.63, 3.8) is 0 Å². The van der Waals surface area contributed by atoms with Gasteiger partial charge in [0.05, 0.1) is 0 Å². The fourth-order valence-electron chi connectivity index (χ4n) is 2.31. The van der Waals surface area contributed by atoms with Gasteiger partial charge >= 0.3 is 0 Å². The number of nitrogens with two attached hydrogens (primary N) is 1. The van der Waals surface area contributed by atoms with E-state index in [0.717, 1.165) is 19.0 Å². The van der Waals surface area contributed by atoms with E-state index in [0.29, 0.717) is 0 Å². The third-order valence-corrected chi connectivity index (χ3v) is 5.25. The first kappa shape index (κ1) is 12.6. The van der Waals surface area contributed by atoms with Crippen LogP contribution < -0.4 is 5.73 Å². The van der Waals surface area contributed by atoms with Gasteiger partial charge in [-0.3, -0.25) is 4.90 Å². The first-order chi connectivity index (χ1) is 7.79. The van der Waals surface area contributed by atoms with Crippen LogP contribution in [0.15, 0.2) is 15.9 Å². The van der Waals surface area contributed by atoms with E-state index in [4.69, 9.17) is 5.73 Å². The Balaban J connectivity index is 1.79. The summed E-state index contributed by atoms with van der Waals surface area (Å²) >= 11 is 5.44. The summed E-state index contributed by atoms with van der Waals surface area (Å²) in [6.07, 6.45) is 3.84. The molecule has 90 valence electrons. The highest BCUT2D eigenvalue weighted by Crippen LogP contribution is 2.27. The molecule has 0 bridgehead atoms. The van der Waals surface area contributed by atoms with Gasteiger partial charge in [-0.1, -0.05) is 0 Å². The molecule has 0 saturated carbocycles. The first-order valence-corrected chi connectivity index (χ1v) is 7.61. The van der Waals surface area contributed by atoms with Crippen LogP contribution in [-0.4, -0.2) is 24.5 Å². The molecule has 1 aromatic heterocycles. The van der Waals surface area contributed by atoms with Gasteiger partial charge in [-0.15, -0.1) is 11.3 Å². The Morgan fingerprint density at radius 2 is 2.19 bits per heavy atom. The molecule has 1 saturated heterocycles. The summed E-state index contributed by atoms with van der Waals surface area (Å²) < 4.78 is 1.27. The molecule has 2 heterocycles. The molecule has 0 amide bonds. The Labute approximate surface area is 110 Å².